The summed E-state index contributed by atoms with van der Waals surface area (Å²) in [6.45, 7) is 5.18. The number of para-hydroxylation sites is 1. The first kappa shape index (κ1) is 14.1. The van der Waals surface area contributed by atoms with E-state index in [2.05, 4.69) is 30.5 Å². The summed E-state index contributed by atoms with van der Waals surface area (Å²) in [6.07, 6.45) is 4.95. The number of rotatable bonds is 5. The lowest BCUT2D eigenvalue weighted by molar-refractivity contribution is -0.122. The molecule has 2 rings (SSSR count). The molecule has 0 radical (unpaired) electrons. The minimum atomic E-state index is -0.362. The molecule has 104 valence electrons. The number of hydrogen-bond acceptors (Lipinski definition) is 2. The summed E-state index contributed by atoms with van der Waals surface area (Å²) in [6, 6.07) is 8.11. The van der Waals surface area contributed by atoms with Gasteiger partial charge in [0.2, 0.25) is 5.91 Å². The molecule has 0 spiro atoms. The zero-order chi connectivity index (χ0) is 13.7. The van der Waals surface area contributed by atoms with Crippen LogP contribution in [0.5, 0.6) is 0 Å². The normalized spacial score (nSPS) is 22.4. The van der Waals surface area contributed by atoms with Crippen molar-refractivity contribution in [3.05, 3.63) is 29.8 Å². The van der Waals surface area contributed by atoms with Crippen LogP contribution in [0.4, 0.5) is 5.69 Å². The van der Waals surface area contributed by atoms with Crippen LogP contribution in [0.25, 0.3) is 0 Å². The molecule has 0 aliphatic carbocycles. The third-order valence-corrected chi connectivity index (χ3v) is 4.07. The van der Waals surface area contributed by atoms with Crippen molar-refractivity contribution in [3.63, 3.8) is 0 Å². The monoisotopic (exact) mass is 260 g/mol. The summed E-state index contributed by atoms with van der Waals surface area (Å²) in [5.74, 6) is 0.121. The molecule has 1 aromatic carbocycles. The zero-order valence-electron chi connectivity index (χ0n) is 12.0. The van der Waals surface area contributed by atoms with Crippen LogP contribution in [0, 0.1) is 0 Å². The van der Waals surface area contributed by atoms with Gasteiger partial charge in [-0.15, -0.1) is 0 Å². The molecule has 1 unspecified atom stereocenters. The molecule has 1 aliphatic rings. The van der Waals surface area contributed by atoms with Gasteiger partial charge in [0, 0.05) is 5.69 Å². The first-order valence-electron chi connectivity index (χ1n) is 7.36. The summed E-state index contributed by atoms with van der Waals surface area (Å²) in [7, 11) is 0. The van der Waals surface area contributed by atoms with Crippen molar-refractivity contribution in [2.75, 3.05) is 11.9 Å². The van der Waals surface area contributed by atoms with E-state index in [1.807, 2.05) is 18.2 Å². The zero-order valence-corrected chi connectivity index (χ0v) is 12.0. The van der Waals surface area contributed by atoms with E-state index >= 15 is 0 Å². The highest BCUT2D eigenvalue weighted by Gasteiger charge is 2.39. The number of benzene rings is 1. The van der Waals surface area contributed by atoms with Crippen LogP contribution in [-0.2, 0) is 11.2 Å². The van der Waals surface area contributed by atoms with Gasteiger partial charge in [0.1, 0.15) is 0 Å². The lowest BCUT2D eigenvalue weighted by atomic mass is 9.93. The maximum Gasteiger partial charge on any atom is 0.244 e. The molecule has 19 heavy (non-hydrogen) atoms. The summed E-state index contributed by atoms with van der Waals surface area (Å²) in [5, 5.41) is 6.51. The number of nitrogens with one attached hydrogen (secondary N) is 2. The Labute approximate surface area is 115 Å². The van der Waals surface area contributed by atoms with Crippen LogP contribution in [0.2, 0.25) is 0 Å². The van der Waals surface area contributed by atoms with Gasteiger partial charge in [0.15, 0.2) is 0 Å². The molecule has 3 heteroatoms. The Balaban J connectivity index is 2.14. The molecule has 1 atom stereocenters. The predicted molar refractivity (Wildman–Crippen MR) is 79.3 cm³/mol. The first-order chi connectivity index (χ1) is 9.22. The molecule has 1 heterocycles. The Morgan fingerprint density at radius 3 is 2.79 bits per heavy atom. The maximum atomic E-state index is 12.6. The molecule has 0 aromatic heterocycles. The third kappa shape index (κ3) is 2.98. The van der Waals surface area contributed by atoms with Gasteiger partial charge < -0.3 is 10.6 Å². The van der Waals surface area contributed by atoms with E-state index in [4.69, 9.17) is 0 Å². The molecule has 0 saturated carbocycles. The van der Waals surface area contributed by atoms with E-state index < -0.39 is 0 Å². The van der Waals surface area contributed by atoms with Crippen molar-refractivity contribution in [2.45, 2.75) is 51.5 Å². The molecule has 2 N–H and O–H groups in total. The van der Waals surface area contributed by atoms with Gasteiger partial charge in [0.05, 0.1) is 5.54 Å². The number of carbonyl (C=O) groups is 1. The molecule has 1 aromatic rings. The second-order valence-electron chi connectivity index (χ2n) is 5.33. The standard InChI is InChI=1S/C16H24N2O/c1-3-8-13-9-5-6-10-14(13)18-15(19)16(4-2)11-7-12-17-16/h5-6,9-10,17H,3-4,7-8,11-12H2,1-2H3,(H,18,19). The lowest BCUT2D eigenvalue weighted by Gasteiger charge is -2.27. The van der Waals surface area contributed by atoms with Gasteiger partial charge in [-0.25, -0.2) is 0 Å². The lowest BCUT2D eigenvalue weighted by Crippen LogP contribution is -2.50. The summed E-state index contributed by atoms with van der Waals surface area (Å²) >= 11 is 0. The molecule has 1 fully saturated rings. The fourth-order valence-corrected chi connectivity index (χ4v) is 2.83. The highest BCUT2D eigenvalue weighted by atomic mass is 16.2. The first-order valence-corrected chi connectivity index (χ1v) is 7.36. The molecular formula is C16H24N2O. The summed E-state index contributed by atoms with van der Waals surface area (Å²) in [5.41, 5.74) is 1.83. The second kappa shape index (κ2) is 6.20. The highest BCUT2D eigenvalue weighted by Crippen LogP contribution is 2.26. The average Bonchev–Trinajstić information content (AvgIpc) is 2.91. The predicted octanol–water partition coefficient (Wildman–Crippen LogP) is 3.11. The number of carbonyl (C=O) groups excluding carboxylic acids is 1. The van der Waals surface area contributed by atoms with Gasteiger partial charge in [0.25, 0.3) is 0 Å². The Kier molecular flexibility index (Phi) is 4.59. The SMILES string of the molecule is CCCc1ccccc1NC(=O)C1(CC)CCCN1. The van der Waals surface area contributed by atoms with Crippen LogP contribution >= 0.6 is 0 Å². The van der Waals surface area contributed by atoms with E-state index in [0.29, 0.717) is 0 Å². The van der Waals surface area contributed by atoms with Gasteiger partial charge in [-0.3, -0.25) is 4.79 Å². The van der Waals surface area contributed by atoms with Crippen molar-refractivity contribution >= 4 is 11.6 Å². The molecule has 3 nitrogen and oxygen atoms in total. The topological polar surface area (TPSA) is 41.1 Å². The van der Waals surface area contributed by atoms with Crippen LogP contribution < -0.4 is 10.6 Å². The Bertz CT molecular complexity index is 436. The summed E-state index contributed by atoms with van der Waals surface area (Å²) in [4.78, 5) is 12.6. The van der Waals surface area contributed by atoms with Gasteiger partial charge in [-0.2, -0.15) is 0 Å². The minimum Gasteiger partial charge on any atom is -0.324 e. The maximum absolute atomic E-state index is 12.6. The molecule has 1 saturated heterocycles. The number of aryl methyl sites for hydroxylation is 1. The van der Waals surface area contributed by atoms with Crippen molar-refractivity contribution in [1.29, 1.82) is 0 Å². The van der Waals surface area contributed by atoms with Crippen molar-refractivity contribution in [2.24, 2.45) is 0 Å². The fraction of sp³-hybridized carbons (Fsp3) is 0.562. The summed E-state index contributed by atoms with van der Waals surface area (Å²) < 4.78 is 0. The van der Waals surface area contributed by atoms with Crippen molar-refractivity contribution in [1.82, 2.24) is 5.32 Å². The second-order valence-corrected chi connectivity index (χ2v) is 5.33. The van der Waals surface area contributed by atoms with E-state index in [1.54, 1.807) is 0 Å². The Morgan fingerprint density at radius 2 is 2.16 bits per heavy atom. The fourth-order valence-electron chi connectivity index (χ4n) is 2.83. The van der Waals surface area contributed by atoms with Crippen molar-refractivity contribution < 1.29 is 4.79 Å². The van der Waals surface area contributed by atoms with Crippen LogP contribution in [0.1, 0.15) is 45.1 Å². The van der Waals surface area contributed by atoms with Crippen LogP contribution in [0.15, 0.2) is 24.3 Å². The van der Waals surface area contributed by atoms with E-state index in [0.717, 1.165) is 44.3 Å². The van der Waals surface area contributed by atoms with Gasteiger partial charge in [-0.05, 0) is 43.9 Å². The highest BCUT2D eigenvalue weighted by molar-refractivity contribution is 5.98. The smallest absolute Gasteiger partial charge is 0.244 e. The molecule has 1 amide bonds. The van der Waals surface area contributed by atoms with Crippen LogP contribution in [0.3, 0.4) is 0 Å². The quantitative estimate of drug-likeness (QED) is 0.854. The van der Waals surface area contributed by atoms with E-state index in [9.17, 15) is 4.79 Å². The Morgan fingerprint density at radius 1 is 1.37 bits per heavy atom. The van der Waals surface area contributed by atoms with Gasteiger partial charge >= 0.3 is 0 Å². The largest absolute Gasteiger partial charge is 0.324 e. The molecular weight excluding hydrogens is 236 g/mol. The third-order valence-electron chi connectivity index (χ3n) is 4.07. The van der Waals surface area contributed by atoms with Crippen molar-refractivity contribution in [3.8, 4) is 0 Å². The number of hydrogen-bond donors (Lipinski definition) is 2. The van der Waals surface area contributed by atoms with E-state index in [1.165, 1.54) is 5.56 Å². The average molecular weight is 260 g/mol. The van der Waals surface area contributed by atoms with E-state index in [-0.39, 0.29) is 11.4 Å². The van der Waals surface area contributed by atoms with Crippen LogP contribution in [-0.4, -0.2) is 18.0 Å². The van der Waals surface area contributed by atoms with Gasteiger partial charge in [-0.1, -0.05) is 38.5 Å². The molecule has 1 aliphatic heterocycles. The minimum absolute atomic E-state index is 0.121. The molecule has 0 bridgehead atoms. The number of amides is 1. The Hall–Kier alpha value is -1.35. The number of anilines is 1.